The van der Waals surface area contributed by atoms with Gasteiger partial charge >= 0.3 is 6.18 Å². The molecule has 0 spiro atoms. The maximum absolute atomic E-state index is 13.6. The zero-order chi connectivity index (χ0) is 25.5. The summed E-state index contributed by atoms with van der Waals surface area (Å²) in [6.07, 6.45) is -2.79. The molecule has 11 heteroatoms. The molecule has 0 radical (unpaired) electrons. The number of benzene rings is 1. The highest BCUT2D eigenvalue weighted by molar-refractivity contribution is 5.94. The third-order valence-corrected chi connectivity index (χ3v) is 6.31. The highest BCUT2D eigenvalue weighted by Crippen LogP contribution is 2.38. The molecule has 188 valence electrons. The fourth-order valence-corrected chi connectivity index (χ4v) is 4.35. The lowest BCUT2D eigenvalue weighted by Crippen LogP contribution is -2.48. The number of fused-ring (bicyclic) bond motifs is 1. The van der Waals surface area contributed by atoms with Crippen LogP contribution in [-0.2, 0) is 11.0 Å². The Balaban J connectivity index is 1.75. The van der Waals surface area contributed by atoms with Crippen molar-refractivity contribution in [2.75, 3.05) is 36.4 Å². The summed E-state index contributed by atoms with van der Waals surface area (Å²) < 4.78 is 42.5. The van der Waals surface area contributed by atoms with Crippen molar-refractivity contribution in [2.24, 2.45) is 0 Å². The number of alkyl halides is 3. The lowest BCUT2D eigenvalue weighted by molar-refractivity contribution is -0.138. The molecule has 2 aromatic heterocycles. The van der Waals surface area contributed by atoms with Crippen LogP contribution in [0.5, 0.6) is 5.88 Å². The van der Waals surface area contributed by atoms with Crippen LogP contribution in [0.25, 0.3) is 10.9 Å². The van der Waals surface area contributed by atoms with Crippen molar-refractivity contribution in [3.63, 3.8) is 0 Å². The molecule has 0 saturated carbocycles. The van der Waals surface area contributed by atoms with Crippen LogP contribution in [0.2, 0.25) is 0 Å². The number of amides is 1. The second kappa shape index (κ2) is 9.27. The fourth-order valence-electron chi connectivity index (χ4n) is 4.35. The molecule has 1 aliphatic heterocycles. The fraction of sp³-hybridized carbons (Fsp3) is 0.458. The van der Waals surface area contributed by atoms with Crippen molar-refractivity contribution in [3.05, 3.63) is 41.6 Å². The molecular formula is C24H29F3N6O2. The molecule has 0 unspecified atom stereocenters. The summed E-state index contributed by atoms with van der Waals surface area (Å²) in [5, 5.41) is 14.5. The van der Waals surface area contributed by atoms with E-state index in [0.29, 0.717) is 48.8 Å². The van der Waals surface area contributed by atoms with E-state index in [1.165, 1.54) is 19.1 Å². The number of nitrogens with one attached hydrogen (secondary N) is 1. The first-order valence-corrected chi connectivity index (χ1v) is 11.5. The Labute approximate surface area is 201 Å². The number of rotatable bonds is 5. The van der Waals surface area contributed by atoms with Crippen LogP contribution in [0.1, 0.15) is 50.9 Å². The van der Waals surface area contributed by atoms with Crippen molar-refractivity contribution < 1.29 is 23.1 Å². The quantitative estimate of drug-likeness (QED) is 0.545. The Kier molecular flexibility index (Phi) is 6.52. The maximum Gasteiger partial charge on any atom is 0.416 e. The molecule has 35 heavy (non-hydrogen) atoms. The molecule has 1 atom stereocenters. The molecule has 2 N–H and O–H groups in total. The molecule has 1 aromatic carbocycles. The molecule has 8 nitrogen and oxygen atoms in total. The van der Waals surface area contributed by atoms with Gasteiger partial charge in [0, 0.05) is 45.3 Å². The Morgan fingerprint density at radius 1 is 1.09 bits per heavy atom. The van der Waals surface area contributed by atoms with E-state index in [0.717, 1.165) is 6.07 Å². The van der Waals surface area contributed by atoms with E-state index in [2.05, 4.69) is 15.3 Å². The van der Waals surface area contributed by atoms with Gasteiger partial charge in [0.15, 0.2) is 0 Å². The number of nitrogens with zero attached hydrogens (tertiary/aromatic N) is 5. The number of piperazine rings is 1. The minimum Gasteiger partial charge on any atom is -0.493 e. The largest absolute Gasteiger partial charge is 0.493 e. The monoisotopic (exact) mass is 490 g/mol. The van der Waals surface area contributed by atoms with Crippen molar-refractivity contribution in [1.29, 1.82) is 0 Å². The second-order valence-electron chi connectivity index (χ2n) is 9.03. The van der Waals surface area contributed by atoms with E-state index in [9.17, 15) is 23.1 Å². The van der Waals surface area contributed by atoms with Gasteiger partial charge in [-0.2, -0.15) is 18.2 Å². The predicted molar refractivity (Wildman–Crippen MR) is 128 cm³/mol. The molecule has 1 amide bonds. The summed E-state index contributed by atoms with van der Waals surface area (Å²) in [5.41, 5.74) is -0.305. The van der Waals surface area contributed by atoms with Crippen LogP contribution in [0.3, 0.4) is 0 Å². The molecule has 4 rings (SSSR count). The summed E-state index contributed by atoms with van der Waals surface area (Å²) in [6, 6.07) is 4.64. The number of anilines is 2. The SMILES string of the molecule is CC(=O)N1CCN(c2nc(N[C@H](C)c3ccccc3C(F)(F)F)c3cn(C(C)C)c(O)c3n2)CC1. The van der Waals surface area contributed by atoms with Gasteiger partial charge in [0.1, 0.15) is 11.3 Å². The van der Waals surface area contributed by atoms with E-state index in [1.807, 2.05) is 18.7 Å². The highest BCUT2D eigenvalue weighted by Gasteiger charge is 2.34. The molecule has 1 fully saturated rings. The summed E-state index contributed by atoms with van der Waals surface area (Å²) in [4.78, 5) is 24.6. The minimum absolute atomic E-state index is 0.00724. The lowest BCUT2D eigenvalue weighted by atomic mass is 10.0. The van der Waals surface area contributed by atoms with Gasteiger partial charge in [0.25, 0.3) is 0 Å². The van der Waals surface area contributed by atoms with Crippen molar-refractivity contribution in [1.82, 2.24) is 19.4 Å². The molecular weight excluding hydrogens is 461 g/mol. The van der Waals surface area contributed by atoms with Gasteiger partial charge in [-0.1, -0.05) is 18.2 Å². The van der Waals surface area contributed by atoms with E-state index >= 15 is 0 Å². The van der Waals surface area contributed by atoms with Crippen LogP contribution in [0.4, 0.5) is 24.9 Å². The summed E-state index contributed by atoms with van der Waals surface area (Å²) in [7, 11) is 0. The second-order valence-corrected chi connectivity index (χ2v) is 9.03. The average Bonchev–Trinajstić information content (AvgIpc) is 3.15. The van der Waals surface area contributed by atoms with Gasteiger partial charge in [-0.25, -0.2) is 4.98 Å². The Hall–Kier alpha value is -3.50. The smallest absolute Gasteiger partial charge is 0.416 e. The van der Waals surface area contributed by atoms with Crippen molar-refractivity contribution in [3.8, 4) is 5.88 Å². The molecule has 0 bridgehead atoms. The maximum atomic E-state index is 13.6. The first kappa shape index (κ1) is 24.6. The van der Waals surface area contributed by atoms with E-state index in [1.54, 1.807) is 28.7 Å². The van der Waals surface area contributed by atoms with Gasteiger partial charge in [0.2, 0.25) is 17.7 Å². The van der Waals surface area contributed by atoms with Crippen LogP contribution in [-0.4, -0.2) is 56.6 Å². The number of hydrogen-bond acceptors (Lipinski definition) is 6. The van der Waals surface area contributed by atoms with Gasteiger partial charge in [-0.05, 0) is 32.4 Å². The van der Waals surface area contributed by atoms with Crippen LogP contribution < -0.4 is 10.2 Å². The number of aromatic hydroxyl groups is 1. The molecule has 3 heterocycles. The zero-order valence-electron chi connectivity index (χ0n) is 20.1. The van der Waals surface area contributed by atoms with E-state index < -0.39 is 17.8 Å². The standard InChI is InChI=1S/C24H29F3N6O2/c1-14(2)33-13-18-20(22(33)35)29-23(32-11-9-31(10-12-32)16(4)34)30-21(18)28-15(3)17-7-5-6-8-19(17)24(25,26)27/h5-8,13-15,35H,9-12H2,1-4H3,(H,28,29,30)/t15-/m1/s1. The average molecular weight is 491 g/mol. The number of carbonyl (C=O) groups excluding carboxylic acids is 1. The number of carbonyl (C=O) groups is 1. The van der Waals surface area contributed by atoms with Crippen molar-refractivity contribution >= 4 is 28.6 Å². The Morgan fingerprint density at radius 3 is 2.34 bits per heavy atom. The van der Waals surface area contributed by atoms with Gasteiger partial charge in [0.05, 0.1) is 17.0 Å². The number of halogens is 3. The molecule has 1 saturated heterocycles. The van der Waals surface area contributed by atoms with Gasteiger partial charge < -0.3 is 24.8 Å². The topological polar surface area (TPSA) is 86.5 Å². The zero-order valence-corrected chi connectivity index (χ0v) is 20.1. The minimum atomic E-state index is -4.49. The third kappa shape index (κ3) is 4.85. The Morgan fingerprint density at radius 2 is 1.74 bits per heavy atom. The first-order chi connectivity index (χ1) is 16.5. The third-order valence-electron chi connectivity index (χ3n) is 6.31. The molecule has 3 aromatic rings. The van der Waals surface area contributed by atoms with Crippen LogP contribution >= 0.6 is 0 Å². The Bertz CT molecular complexity index is 1230. The van der Waals surface area contributed by atoms with E-state index in [-0.39, 0.29) is 23.4 Å². The number of aromatic nitrogens is 3. The normalized spacial score (nSPS) is 15.7. The predicted octanol–water partition coefficient (Wildman–Crippen LogP) is 4.58. The number of hydrogen-bond donors (Lipinski definition) is 2. The summed E-state index contributed by atoms with van der Waals surface area (Å²) in [6.45, 7) is 9.00. The highest BCUT2D eigenvalue weighted by atomic mass is 19.4. The molecule has 0 aliphatic carbocycles. The first-order valence-electron chi connectivity index (χ1n) is 11.5. The van der Waals surface area contributed by atoms with Crippen LogP contribution in [0.15, 0.2) is 30.5 Å². The van der Waals surface area contributed by atoms with E-state index in [4.69, 9.17) is 0 Å². The summed E-state index contributed by atoms with van der Waals surface area (Å²) >= 11 is 0. The van der Waals surface area contributed by atoms with Crippen molar-refractivity contribution in [2.45, 2.75) is 46.0 Å². The van der Waals surface area contributed by atoms with Gasteiger partial charge in [-0.3, -0.25) is 4.79 Å². The van der Waals surface area contributed by atoms with Gasteiger partial charge in [-0.15, -0.1) is 0 Å². The lowest BCUT2D eigenvalue weighted by Gasteiger charge is -2.34. The summed E-state index contributed by atoms with van der Waals surface area (Å²) in [5.74, 6) is 0.633. The van der Waals surface area contributed by atoms with Crippen LogP contribution in [0, 0.1) is 0 Å². The molecule has 1 aliphatic rings.